The average molecular weight is 1150 g/mol. The van der Waals surface area contributed by atoms with Crippen LogP contribution in [0.25, 0.3) is 0 Å². The van der Waals surface area contributed by atoms with E-state index in [1.165, 1.54) is 4.90 Å². The molecule has 1 fully saturated rings. The van der Waals surface area contributed by atoms with Gasteiger partial charge in [0.25, 0.3) is 0 Å². The molecule has 0 radical (unpaired) electrons. The fraction of sp³-hybridized carbons (Fsp3) is 0.547. The predicted molar refractivity (Wildman–Crippen MR) is 303 cm³/mol. The van der Waals surface area contributed by atoms with E-state index in [0.717, 1.165) is 0 Å². The molecule has 0 bridgehead atoms. The highest BCUT2D eigenvalue weighted by Gasteiger charge is 2.40. The quantitative estimate of drug-likeness (QED) is 0.0202. The van der Waals surface area contributed by atoms with Gasteiger partial charge in [-0.1, -0.05) is 63.6 Å². The van der Waals surface area contributed by atoms with Crippen LogP contribution in [0.4, 0.5) is 0 Å². The Morgan fingerprint density at radius 2 is 1.19 bits per heavy atom. The van der Waals surface area contributed by atoms with Crippen molar-refractivity contribution in [1.29, 1.82) is 0 Å². The van der Waals surface area contributed by atoms with Crippen molar-refractivity contribution < 1.29 is 52.7 Å². The number of carbonyl (C=O) groups is 10. The van der Waals surface area contributed by atoms with Crippen LogP contribution in [-0.2, 0) is 60.8 Å². The fourth-order valence-corrected chi connectivity index (χ4v) is 8.90. The zero-order valence-electron chi connectivity index (χ0n) is 46.6. The van der Waals surface area contributed by atoms with E-state index < -0.39 is 120 Å². The molecule has 1 aliphatic rings. The lowest BCUT2D eigenvalue weighted by atomic mass is 9.99. The topological polar surface area (TPSA) is 448 Å². The third-order valence-electron chi connectivity index (χ3n) is 12.9. The maximum absolute atomic E-state index is 14.4. The first-order chi connectivity index (χ1) is 38.4. The van der Waals surface area contributed by atoms with Crippen LogP contribution in [0.15, 0.2) is 58.5 Å². The second-order valence-electron chi connectivity index (χ2n) is 19.7. The molecule has 2 aromatic rings. The number of likely N-dealkylation sites (tertiary alicyclic amines) is 1. The number of primary amides is 2. The van der Waals surface area contributed by atoms with Gasteiger partial charge in [0.2, 0.25) is 59.1 Å². The Morgan fingerprint density at radius 1 is 0.642 bits per heavy atom. The zero-order valence-corrected chi connectivity index (χ0v) is 47.4. The van der Waals surface area contributed by atoms with Gasteiger partial charge in [-0.05, 0) is 93.2 Å². The van der Waals surface area contributed by atoms with Gasteiger partial charge in [-0.25, -0.2) is 0 Å². The standard InChI is InChI=1S/C53H81ClN16O11/c1-6-34(51(80)70-24-12-17-40(70)49(78)66-36(16-11-23-62-53(59)60)45(74)65-35(44(56)73)15-10-22-61-52(57)58)64-47(76)39(28-41(55)71)68-50(79)43(29(4)5)69-48(77)38(27-31-13-9-14-32(54)25-31)67-46(75)37(63-42(72)7-2)26-30-18-20-33(21-19-30)81-8-3/h9,13-14,18-21,25,29,34-40,43H,6-8,10-12,15-17,22-24,26-28H2,1-5H3,(H2,55,71)(H2,56,73)(H,63,72)(H,64,76)(H,65,74)(H,66,78)(H,67,75)(H,68,79)(H,69,77)(H4,57,58,61)(H4,59,60,62)/t34-,35-,36-,37+,38-,39-,40-,43-/m0/s1. The summed E-state index contributed by atoms with van der Waals surface area (Å²) in [6, 6.07) is 3.16. The van der Waals surface area contributed by atoms with E-state index in [4.69, 9.17) is 50.7 Å². The molecular formula is C53H81ClN16O11. The van der Waals surface area contributed by atoms with Crippen LogP contribution in [0.1, 0.15) is 104 Å². The van der Waals surface area contributed by atoms with Crippen molar-refractivity contribution in [2.45, 2.75) is 154 Å². The van der Waals surface area contributed by atoms with Gasteiger partial charge in [-0.2, -0.15) is 0 Å². The van der Waals surface area contributed by atoms with Crippen molar-refractivity contribution in [3.63, 3.8) is 0 Å². The molecule has 19 N–H and O–H groups in total. The molecule has 28 heteroatoms. The molecule has 0 spiro atoms. The maximum atomic E-state index is 14.4. The Morgan fingerprint density at radius 3 is 1.74 bits per heavy atom. The molecule has 3 rings (SSSR count). The normalized spacial score (nSPS) is 15.4. The van der Waals surface area contributed by atoms with Gasteiger partial charge in [0.05, 0.1) is 13.0 Å². The number of amides is 10. The number of nitrogens with one attached hydrogen (secondary N) is 7. The molecule has 0 aliphatic carbocycles. The molecular weight excluding hydrogens is 1070 g/mol. The van der Waals surface area contributed by atoms with Crippen LogP contribution in [0.3, 0.4) is 0 Å². The maximum Gasteiger partial charge on any atom is 0.245 e. The number of hydrogen-bond donors (Lipinski definition) is 13. The van der Waals surface area contributed by atoms with Gasteiger partial charge in [0.1, 0.15) is 54.1 Å². The number of benzene rings is 2. The van der Waals surface area contributed by atoms with Crippen LogP contribution in [0.2, 0.25) is 5.02 Å². The average Bonchev–Trinajstić information content (AvgIpc) is 3.91. The van der Waals surface area contributed by atoms with Crippen LogP contribution < -0.4 is 76.4 Å². The fourth-order valence-electron chi connectivity index (χ4n) is 8.69. The lowest BCUT2D eigenvalue weighted by Gasteiger charge is -2.31. The predicted octanol–water partition coefficient (Wildman–Crippen LogP) is -2.15. The number of carbonyl (C=O) groups excluding carboxylic acids is 10. The minimum atomic E-state index is -1.67. The SMILES string of the molecule is CCOc1ccc(C[C@@H](NC(=O)CC)C(=O)N[C@@H](Cc2cccc(Cl)c2)C(=O)N[C@H](C(=O)N[C@@H](CC(N)=O)C(=O)N[C@@H](CC)C(=O)N2CCC[C@H]2C(=O)N[C@@H](CCCN=C(N)N)C(=O)N[C@@H](CCCN=C(N)N)C(N)=O)C(C)C)cc1. The highest BCUT2D eigenvalue weighted by atomic mass is 35.5. The van der Waals surface area contributed by atoms with Crippen molar-refractivity contribution >= 4 is 82.6 Å². The van der Waals surface area contributed by atoms with Crippen LogP contribution in [0.5, 0.6) is 5.75 Å². The smallest absolute Gasteiger partial charge is 0.245 e. The van der Waals surface area contributed by atoms with Crippen LogP contribution >= 0.6 is 11.6 Å². The highest BCUT2D eigenvalue weighted by Crippen LogP contribution is 2.21. The summed E-state index contributed by atoms with van der Waals surface area (Å²) in [6.45, 7) is 9.04. The minimum absolute atomic E-state index is 0.00313. The van der Waals surface area contributed by atoms with Crippen molar-refractivity contribution in [2.24, 2.45) is 50.3 Å². The molecule has 1 heterocycles. The lowest BCUT2D eigenvalue weighted by Crippen LogP contribution is -2.61. The van der Waals surface area contributed by atoms with E-state index in [0.29, 0.717) is 34.9 Å². The van der Waals surface area contributed by atoms with Crippen LogP contribution in [0, 0.1) is 5.92 Å². The summed E-state index contributed by atoms with van der Waals surface area (Å²) in [6.07, 6.45) is 0.347. The Kier molecular flexibility index (Phi) is 28.2. The van der Waals surface area contributed by atoms with Gasteiger partial charge in [0, 0.05) is 43.9 Å². The summed E-state index contributed by atoms with van der Waals surface area (Å²) in [4.78, 5) is 145. The van der Waals surface area contributed by atoms with Crippen molar-refractivity contribution in [3.8, 4) is 5.75 Å². The van der Waals surface area contributed by atoms with E-state index in [1.54, 1.807) is 76.2 Å². The first kappa shape index (κ1) is 67.0. The van der Waals surface area contributed by atoms with Gasteiger partial charge in [-0.15, -0.1) is 0 Å². The summed E-state index contributed by atoms with van der Waals surface area (Å²) in [5.41, 5.74) is 34.1. The van der Waals surface area contributed by atoms with Gasteiger partial charge in [0.15, 0.2) is 11.9 Å². The second kappa shape index (κ2) is 34.0. The summed E-state index contributed by atoms with van der Waals surface area (Å²) < 4.78 is 5.53. The summed E-state index contributed by atoms with van der Waals surface area (Å²) in [7, 11) is 0. The largest absolute Gasteiger partial charge is 0.494 e. The third kappa shape index (κ3) is 23.2. The molecule has 2 aromatic carbocycles. The molecule has 10 amide bonds. The number of ether oxygens (including phenoxy) is 1. The number of nitrogens with zero attached hydrogens (tertiary/aromatic N) is 3. The Hall–Kier alpha value is -8.23. The Balaban J connectivity index is 1.83. The highest BCUT2D eigenvalue weighted by molar-refractivity contribution is 6.30. The second-order valence-corrected chi connectivity index (χ2v) is 20.1. The Labute approximate surface area is 476 Å². The summed E-state index contributed by atoms with van der Waals surface area (Å²) in [5.74, 6) is -8.26. The molecule has 0 unspecified atom stereocenters. The van der Waals surface area contributed by atoms with Crippen molar-refractivity contribution in [2.75, 3.05) is 26.2 Å². The molecule has 0 saturated carbocycles. The number of guanidine groups is 2. The molecule has 8 atom stereocenters. The third-order valence-corrected chi connectivity index (χ3v) is 13.2. The van der Waals surface area contributed by atoms with E-state index >= 15 is 0 Å². The van der Waals surface area contributed by atoms with Gasteiger partial charge in [-0.3, -0.25) is 57.9 Å². The Bertz CT molecular complexity index is 2560. The van der Waals surface area contributed by atoms with Crippen molar-refractivity contribution in [3.05, 3.63) is 64.7 Å². The van der Waals surface area contributed by atoms with E-state index in [9.17, 15) is 47.9 Å². The first-order valence-corrected chi connectivity index (χ1v) is 27.3. The molecule has 81 heavy (non-hydrogen) atoms. The number of hydrogen-bond acceptors (Lipinski definition) is 13. The zero-order chi connectivity index (χ0) is 60.3. The number of nitrogens with two attached hydrogens (primary N) is 6. The number of rotatable bonds is 34. The molecule has 27 nitrogen and oxygen atoms in total. The molecule has 0 aromatic heterocycles. The first-order valence-electron chi connectivity index (χ1n) is 26.9. The number of aliphatic imine (C=N–C) groups is 2. The van der Waals surface area contributed by atoms with Gasteiger partial charge >= 0.3 is 0 Å². The monoisotopic (exact) mass is 1150 g/mol. The number of halogens is 1. The summed E-state index contributed by atoms with van der Waals surface area (Å²) >= 11 is 6.30. The minimum Gasteiger partial charge on any atom is -0.494 e. The summed E-state index contributed by atoms with van der Waals surface area (Å²) in [5, 5.41) is 18.8. The van der Waals surface area contributed by atoms with E-state index in [2.05, 4.69) is 47.2 Å². The van der Waals surface area contributed by atoms with Crippen molar-refractivity contribution in [1.82, 2.24) is 42.1 Å². The molecule has 446 valence electrons. The van der Waals surface area contributed by atoms with Gasteiger partial charge < -0.3 is 81.3 Å². The lowest BCUT2D eigenvalue weighted by molar-refractivity contribution is -0.143. The molecule has 1 saturated heterocycles. The van der Waals surface area contributed by atoms with E-state index in [-0.39, 0.29) is 89.3 Å². The van der Waals surface area contributed by atoms with Crippen LogP contribution in [-0.4, -0.2) is 150 Å². The van der Waals surface area contributed by atoms with E-state index in [1.807, 2.05) is 6.92 Å². The molecule has 1 aliphatic heterocycles.